The second-order valence-corrected chi connectivity index (χ2v) is 3.51. The van der Waals surface area contributed by atoms with Gasteiger partial charge in [-0.15, -0.1) is 13.2 Å². The molecule has 0 radical (unpaired) electrons. The number of alkyl halides is 3. The Morgan fingerprint density at radius 3 is 2.60 bits per heavy atom. The Labute approximate surface area is 95.2 Å². The lowest BCUT2D eigenvalue weighted by Crippen LogP contribution is -2.18. The summed E-state index contributed by atoms with van der Waals surface area (Å²) in [5.41, 5.74) is -0.229. The van der Waals surface area contributed by atoms with E-state index in [1.54, 1.807) is 22.6 Å². The number of carbonyl (C=O) groups is 1. The van der Waals surface area contributed by atoms with Gasteiger partial charge in [-0.05, 0) is 22.6 Å². The topological polar surface area (TPSA) is 59.4 Å². The Morgan fingerprint density at radius 2 is 2.13 bits per heavy atom. The molecule has 0 unspecified atom stereocenters. The molecular weight excluding hydrogens is 330 g/mol. The van der Waals surface area contributed by atoms with Gasteiger partial charge >= 0.3 is 6.36 Å². The SMILES string of the molecule is O=Cc1nc(OC(F)(F)F)c(O)cc1I. The number of rotatable bonds is 2. The van der Waals surface area contributed by atoms with Crippen molar-refractivity contribution in [2.75, 3.05) is 0 Å². The van der Waals surface area contributed by atoms with Crippen LogP contribution in [0.25, 0.3) is 0 Å². The third kappa shape index (κ3) is 3.22. The number of hydrogen-bond donors (Lipinski definition) is 1. The number of carbonyl (C=O) groups excluding carboxylic acids is 1. The van der Waals surface area contributed by atoms with Crippen molar-refractivity contribution in [3.63, 3.8) is 0 Å². The second kappa shape index (κ2) is 4.21. The van der Waals surface area contributed by atoms with Crippen LogP contribution in [-0.2, 0) is 0 Å². The van der Waals surface area contributed by atoms with Crippen molar-refractivity contribution < 1.29 is 27.8 Å². The standard InChI is InChI=1S/C7H3F3INO3/c8-7(9,10)15-6-5(14)1-3(11)4(2-13)12-6/h1-2,14H. The smallest absolute Gasteiger partial charge is 0.503 e. The van der Waals surface area contributed by atoms with Gasteiger partial charge in [0.25, 0.3) is 5.88 Å². The lowest BCUT2D eigenvalue weighted by molar-refractivity contribution is -0.276. The van der Waals surface area contributed by atoms with Gasteiger partial charge in [-0.25, -0.2) is 4.98 Å². The molecule has 0 aromatic carbocycles. The van der Waals surface area contributed by atoms with Gasteiger partial charge in [0.05, 0.1) is 0 Å². The molecule has 1 N–H and O–H groups in total. The van der Waals surface area contributed by atoms with Crippen LogP contribution in [0.5, 0.6) is 11.6 Å². The van der Waals surface area contributed by atoms with Crippen molar-refractivity contribution in [2.45, 2.75) is 6.36 Å². The summed E-state index contributed by atoms with van der Waals surface area (Å²) in [5, 5.41) is 9.07. The van der Waals surface area contributed by atoms with E-state index in [0.717, 1.165) is 6.07 Å². The van der Waals surface area contributed by atoms with Crippen LogP contribution in [0.1, 0.15) is 10.5 Å². The maximum atomic E-state index is 11.8. The Morgan fingerprint density at radius 1 is 1.53 bits per heavy atom. The molecular formula is C7H3F3INO3. The number of hydrogen-bond acceptors (Lipinski definition) is 4. The number of nitrogens with zero attached hydrogens (tertiary/aromatic N) is 1. The lowest BCUT2D eigenvalue weighted by atomic mass is 10.3. The molecule has 0 aliphatic rings. The van der Waals surface area contributed by atoms with Gasteiger partial charge in [-0.2, -0.15) is 0 Å². The molecule has 0 saturated heterocycles. The molecule has 0 aliphatic heterocycles. The number of halogens is 4. The summed E-state index contributed by atoms with van der Waals surface area (Å²) in [6.07, 6.45) is -4.69. The molecule has 82 valence electrons. The third-order valence-corrected chi connectivity index (χ3v) is 2.14. The summed E-state index contributed by atoms with van der Waals surface area (Å²) in [7, 11) is 0. The van der Waals surface area contributed by atoms with Crippen LogP contribution in [0.4, 0.5) is 13.2 Å². The maximum absolute atomic E-state index is 11.8. The Kier molecular flexibility index (Phi) is 3.37. The van der Waals surface area contributed by atoms with Crippen LogP contribution in [0, 0.1) is 3.57 Å². The average molecular weight is 333 g/mol. The Bertz CT molecular complexity index is 394. The molecule has 0 bridgehead atoms. The van der Waals surface area contributed by atoms with Crippen molar-refractivity contribution in [3.05, 3.63) is 15.3 Å². The highest BCUT2D eigenvalue weighted by Crippen LogP contribution is 2.30. The Hall–Kier alpha value is -1.06. The van der Waals surface area contributed by atoms with E-state index in [1.807, 2.05) is 0 Å². The molecule has 0 saturated carbocycles. The normalized spacial score (nSPS) is 11.2. The van der Waals surface area contributed by atoms with Gasteiger partial charge in [-0.3, -0.25) is 4.79 Å². The van der Waals surface area contributed by atoms with Crippen molar-refractivity contribution >= 4 is 28.9 Å². The molecule has 0 spiro atoms. The summed E-state index contributed by atoms with van der Waals surface area (Å²) in [6, 6.07) is 0.957. The van der Waals surface area contributed by atoms with Crippen LogP contribution < -0.4 is 4.74 Å². The van der Waals surface area contributed by atoms with Crippen molar-refractivity contribution in [1.82, 2.24) is 4.98 Å². The molecule has 0 aliphatic carbocycles. The van der Waals surface area contributed by atoms with Crippen molar-refractivity contribution in [2.24, 2.45) is 0 Å². The lowest BCUT2D eigenvalue weighted by Gasteiger charge is -2.09. The zero-order valence-electron chi connectivity index (χ0n) is 6.88. The second-order valence-electron chi connectivity index (χ2n) is 2.35. The van der Waals surface area contributed by atoms with Crippen LogP contribution in [0.15, 0.2) is 6.07 Å². The monoisotopic (exact) mass is 333 g/mol. The minimum absolute atomic E-state index is 0.229. The first-order valence-electron chi connectivity index (χ1n) is 3.44. The average Bonchev–Trinajstić information content (AvgIpc) is 2.07. The van der Waals surface area contributed by atoms with Gasteiger partial charge in [0.2, 0.25) is 0 Å². The maximum Gasteiger partial charge on any atom is 0.574 e. The number of pyridine rings is 1. The highest BCUT2D eigenvalue weighted by Gasteiger charge is 2.33. The van der Waals surface area contributed by atoms with Crippen LogP contribution in [0.2, 0.25) is 0 Å². The number of aromatic hydroxyl groups is 1. The van der Waals surface area contributed by atoms with Gasteiger partial charge in [-0.1, -0.05) is 0 Å². The quantitative estimate of drug-likeness (QED) is 0.665. The highest BCUT2D eigenvalue weighted by atomic mass is 127. The zero-order chi connectivity index (χ0) is 11.6. The number of aldehydes is 1. The fraction of sp³-hybridized carbons (Fsp3) is 0.143. The molecule has 1 aromatic heterocycles. The predicted molar refractivity (Wildman–Crippen MR) is 50.7 cm³/mol. The van der Waals surface area contributed by atoms with Gasteiger partial charge in [0.1, 0.15) is 5.69 Å². The summed E-state index contributed by atoms with van der Waals surface area (Å²) in [5.74, 6) is -1.81. The largest absolute Gasteiger partial charge is 0.574 e. The van der Waals surface area contributed by atoms with Crippen LogP contribution in [0.3, 0.4) is 0 Å². The first kappa shape index (κ1) is 12.0. The summed E-state index contributed by atoms with van der Waals surface area (Å²) in [6.45, 7) is 0. The zero-order valence-corrected chi connectivity index (χ0v) is 9.03. The number of aromatic nitrogens is 1. The highest BCUT2D eigenvalue weighted by molar-refractivity contribution is 14.1. The molecule has 0 fully saturated rings. The van der Waals surface area contributed by atoms with E-state index in [-0.39, 0.29) is 15.6 Å². The first-order chi connectivity index (χ1) is 6.83. The van der Waals surface area contributed by atoms with Crippen LogP contribution in [-0.4, -0.2) is 22.7 Å². The van der Waals surface area contributed by atoms with Crippen molar-refractivity contribution in [1.29, 1.82) is 0 Å². The fourth-order valence-electron chi connectivity index (χ4n) is 0.743. The van der Waals surface area contributed by atoms with E-state index in [1.165, 1.54) is 0 Å². The molecule has 0 atom stereocenters. The summed E-state index contributed by atoms with van der Waals surface area (Å²) >= 11 is 1.65. The van der Waals surface area contributed by atoms with Gasteiger partial charge in [0, 0.05) is 9.64 Å². The molecule has 1 aromatic rings. The fourth-order valence-corrected chi connectivity index (χ4v) is 1.29. The van der Waals surface area contributed by atoms with Gasteiger partial charge in [0.15, 0.2) is 12.0 Å². The third-order valence-electron chi connectivity index (χ3n) is 1.27. The van der Waals surface area contributed by atoms with Crippen LogP contribution >= 0.6 is 22.6 Å². The number of ether oxygens (including phenoxy) is 1. The molecule has 15 heavy (non-hydrogen) atoms. The minimum atomic E-state index is -4.96. The first-order valence-corrected chi connectivity index (χ1v) is 4.52. The molecule has 8 heteroatoms. The van der Waals surface area contributed by atoms with Crippen molar-refractivity contribution in [3.8, 4) is 11.6 Å². The predicted octanol–water partition coefficient (Wildman–Crippen LogP) is 2.10. The van der Waals surface area contributed by atoms with E-state index in [4.69, 9.17) is 5.11 Å². The molecule has 1 rings (SSSR count). The van der Waals surface area contributed by atoms with E-state index < -0.39 is 18.0 Å². The summed E-state index contributed by atoms with van der Waals surface area (Å²) in [4.78, 5) is 13.6. The summed E-state index contributed by atoms with van der Waals surface area (Å²) < 4.78 is 39.0. The Balaban J connectivity index is 3.13. The molecule has 1 heterocycles. The van der Waals surface area contributed by atoms with E-state index in [0.29, 0.717) is 0 Å². The van der Waals surface area contributed by atoms with E-state index >= 15 is 0 Å². The van der Waals surface area contributed by atoms with E-state index in [9.17, 15) is 18.0 Å². The van der Waals surface area contributed by atoms with E-state index in [2.05, 4.69) is 9.72 Å². The van der Waals surface area contributed by atoms with Gasteiger partial charge < -0.3 is 9.84 Å². The molecule has 0 amide bonds. The molecule has 4 nitrogen and oxygen atoms in total. The minimum Gasteiger partial charge on any atom is -0.503 e.